The lowest BCUT2D eigenvalue weighted by Gasteiger charge is -2.06. The summed E-state index contributed by atoms with van der Waals surface area (Å²) in [6.45, 7) is 1.73. The van der Waals surface area contributed by atoms with Crippen molar-refractivity contribution in [1.82, 2.24) is 10.9 Å². The van der Waals surface area contributed by atoms with Gasteiger partial charge < -0.3 is 0 Å². The number of hydrazone groups is 2. The topological polar surface area (TPSA) is 126 Å². The summed E-state index contributed by atoms with van der Waals surface area (Å²) < 4.78 is 0. The Hall–Kier alpha value is -3.10. The number of nitro benzene ring substituents is 1. The summed E-state index contributed by atoms with van der Waals surface area (Å²) in [7, 11) is 0. The van der Waals surface area contributed by atoms with Crippen LogP contribution in [0.2, 0.25) is 0 Å². The highest BCUT2D eigenvalue weighted by atomic mass is 16.6. The lowest BCUT2D eigenvalue weighted by atomic mass is 9.99. The fourth-order valence-corrected chi connectivity index (χ4v) is 2.02. The molecule has 0 spiro atoms. The second kappa shape index (κ2) is 7.25. The Kier molecular flexibility index (Phi) is 5.13. The zero-order valence-electron chi connectivity index (χ0n) is 12.4. The van der Waals surface area contributed by atoms with Crippen LogP contribution in [0.4, 0.5) is 5.69 Å². The van der Waals surface area contributed by atoms with Gasteiger partial charge in [-0.15, -0.1) is 0 Å². The van der Waals surface area contributed by atoms with E-state index >= 15 is 0 Å². The van der Waals surface area contributed by atoms with Gasteiger partial charge in [0.15, 0.2) is 0 Å². The highest BCUT2D eigenvalue weighted by molar-refractivity contribution is 6.07. The van der Waals surface area contributed by atoms with Crippen LogP contribution in [0.3, 0.4) is 0 Å². The van der Waals surface area contributed by atoms with Crippen LogP contribution in [0.5, 0.6) is 0 Å². The molecule has 1 heterocycles. The van der Waals surface area contributed by atoms with Gasteiger partial charge in [-0.2, -0.15) is 10.2 Å². The van der Waals surface area contributed by atoms with Crippen molar-refractivity contribution in [3.8, 4) is 0 Å². The Bertz CT molecular complexity index is 681. The summed E-state index contributed by atoms with van der Waals surface area (Å²) in [5.74, 6) is -0.903. The molecule has 0 saturated carbocycles. The first-order valence-electron chi connectivity index (χ1n) is 6.88. The van der Waals surface area contributed by atoms with Crippen molar-refractivity contribution >= 4 is 29.4 Å². The number of rotatable bonds is 6. The van der Waals surface area contributed by atoms with Crippen molar-refractivity contribution in [2.45, 2.75) is 19.8 Å². The van der Waals surface area contributed by atoms with E-state index in [9.17, 15) is 19.7 Å². The summed E-state index contributed by atoms with van der Waals surface area (Å²) in [5, 5.41) is 18.1. The van der Waals surface area contributed by atoms with Gasteiger partial charge in [-0.1, -0.05) is 0 Å². The number of non-ortho nitro benzene ring substituents is 1. The van der Waals surface area contributed by atoms with Crippen LogP contribution in [0.1, 0.15) is 25.3 Å². The molecule has 2 rings (SSSR count). The monoisotopic (exact) mass is 317 g/mol. The van der Waals surface area contributed by atoms with Gasteiger partial charge in [-0.05, 0) is 31.0 Å². The maximum absolute atomic E-state index is 11.7. The molecular weight excluding hydrogens is 302 g/mol. The number of nitrogens with one attached hydrogen (secondary N) is 2. The minimum absolute atomic E-state index is 0.0157. The first kappa shape index (κ1) is 16.3. The minimum Gasteiger partial charge on any atom is -0.273 e. The van der Waals surface area contributed by atoms with Gasteiger partial charge in [0, 0.05) is 24.3 Å². The van der Waals surface area contributed by atoms with Gasteiger partial charge >= 0.3 is 0 Å². The molecule has 2 N–H and O–H groups in total. The second-order valence-electron chi connectivity index (χ2n) is 4.96. The van der Waals surface area contributed by atoms with Crippen molar-refractivity contribution in [2.24, 2.45) is 16.1 Å². The number of nitrogens with zero attached hydrogens (tertiary/aromatic N) is 3. The standard InChI is InChI=1S/C14H15N5O4/c1-9-12(14(21)18-16-9)6-7-13(20)17-15-8-10-2-4-11(5-3-10)19(22)23/h2-5,8,12H,6-7H2,1H3,(H,17,20)(H,18,21)/b15-8-/t12-/m0/s1. The molecule has 0 radical (unpaired) electrons. The van der Waals surface area contributed by atoms with Crippen molar-refractivity contribution in [2.75, 3.05) is 0 Å². The smallest absolute Gasteiger partial charge is 0.269 e. The molecule has 1 aliphatic rings. The van der Waals surface area contributed by atoms with Gasteiger partial charge in [0.1, 0.15) is 0 Å². The highest BCUT2D eigenvalue weighted by Gasteiger charge is 2.26. The molecule has 0 saturated heterocycles. The number of nitro groups is 1. The molecule has 1 aromatic rings. The van der Waals surface area contributed by atoms with E-state index in [1.807, 2.05) is 0 Å². The van der Waals surface area contributed by atoms with Gasteiger partial charge in [0.05, 0.1) is 17.1 Å². The molecular formula is C14H15N5O4. The third kappa shape index (κ3) is 4.43. The number of carbonyl (C=O) groups excluding carboxylic acids is 2. The van der Waals surface area contributed by atoms with E-state index in [1.54, 1.807) is 6.92 Å². The molecule has 0 fully saturated rings. The van der Waals surface area contributed by atoms with Crippen LogP contribution in [0.25, 0.3) is 0 Å². The van der Waals surface area contributed by atoms with E-state index in [2.05, 4.69) is 21.1 Å². The van der Waals surface area contributed by atoms with E-state index in [0.717, 1.165) is 0 Å². The zero-order chi connectivity index (χ0) is 16.8. The SMILES string of the molecule is CC1=NNC(=O)[C@H]1CCC(=O)N/N=C\c1ccc([N+](=O)[O-])cc1. The van der Waals surface area contributed by atoms with Crippen LogP contribution in [-0.4, -0.2) is 28.7 Å². The van der Waals surface area contributed by atoms with E-state index in [0.29, 0.717) is 17.7 Å². The lowest BCUT2D eigenvalue weighted by molar-refractivity contribution is -0.384. The summed E-state index contributed by atoms with van der Waals surface area (Å²) in [6, 6.07) is 5.75. The third-order valence-corrected chi connectivity index (χ3v) is 3.33. The number of hydrogen-bond donors (Lipinski definition) is 2. The molecule has 1 aliphatic heterocycles. The maximum atomic E-state index is 11.7. The second-order valence-corrected chi connectivity index (χ2v) is 4.96. The molecule has 120 valence electrons. The Morgan fingerprint density at radius 3 is 2.74 bits per heavy atom. The average molecular weight is 317 g/mol. The van der Waals surface area contributed by atoms with Crippen LogP contribution in [-0.2, 0) is 9.59 Å². The Labute approximate surface area is 131 Å². The zero-order valence-corrected chi connectivity index (χ0v) is 12.4. The third-order valence-electron chi connectivity index (χ3n) is 3.33. The van der Waals surface area contributed by atoms with Crippen LogP contribution < -0.4 is 10.9 Å². The number of carbonyl (C=O) groups is 2. The Balaban J connectivity index is 1.78. The molecule has 9 heteroatoms. The van der Waals surface area contributed by atoms with Crippen molar-refractivity contribution < 1.29 is 14.5 Å². The van der Waals surface area contributed by atoms with E-state index in [4.69, 9.17) is 0 Å². The molecule has 1 aromatic carbocycles. The number of benzene rings is 1. The van der Waals surface area contributed by atoms with Gasteiger partial charge in [0.2, 0.25) is 11.8 Å². The van der Waals surface area contributed by atoms with Crippen LogP contribution in [0.15, 0.2) is 34.5 Å². The normalized spacial score (nSPS) is 17.0. The fraction of sp³-hybridized carbons (Fsp3) is 0.286. The summed E-state index contributed by atoms with van der Waals surface area (Å²) >= 11 is 0. The Morgan fingerprint density at radius 1 is 1.48 bits per heavy atom. The number of amides is 2. The summed E-state index contributed by atoms with van der Waals surface area (Å²) in [5.41, 5.74) is 5.98. The van der Waals surface area contributed by atoms with Gasteiger partial charge in [-0.3, -0.25) is 19.7 Å². The fourth-order valence-electron chi connectivity index (χ4n) is 2.02. The van der Waals surface area contributed by atoms with E-state index in [-0.39, 0.29) is 29.8 Å². The average Bonchev–Trinajstić information content (AvgIpc) is 2.84. The van der Waals surface area contributed by atoms with Gasteiger partial charge in [0.25, 0.3) is 5.69 Å². The minimum atomic E-state index is -0.493. The molecule has 1 atom stereocenters. The number of hydrogen-bond acceptors (Lipinski definition) is 6. The highest BCUT2D eigenvalue weighted by Crippen LogP contribution is 2.13. The molecule has 2 amide bonds. The predicted molar refractivity (Wildman–Crippen MR) is 82.8 cm³/mol. The maximum Gasteiger partial charge on any atom is 0.269 e. The van der Waals surface area contributed by atoms with Gasteiger partial charge in [-0.25, -0.2) is 10.9 Å². The first-order chi connectivity index (χ1) is 11.0. The van der Waals surface area contributed by atoms with Crippen molar-refractivity contribution in [1.29, 1.82) is 0 Å². The molecule has 0 aromatic heterocycles. The van der Waals surface area contributed by atoms with E-state index in [1.165, 1.54) is 30.5 Å². The lowest BCUT2D eigenvalue weighted by Crippen LogP contribution is -2.25. The molecule has 9 nitrogen and oxygen atoms in total. The van der Waals surface area contributed by atoms with Crippen molar-refractivity contribution in [3.63, 3.8) is 0 Å². The molecule has 0 unspecified atom stereocenters. The van der Waals surface area contributed by atoms with Crippen molar-refractivity contribution in [3.05, 3.63) is 39.9 Å². The Morgan fingerprint density at radius 2 is 2.17 bits per heavy atom. The first-order valence-corrected chi connectivity index (χ1v) is 6.88. The summed E-state index contributed by atoms with van der Waals surface area (Å²) in [6.07, 6.45) is 1.89. The molecule has 0 aliphatic carbocycles. The predicted octanol–water partition coefficient (Wildman–Crippen LogP) is 0.947. The van der Waals surface area contributed by atoms with E-state index < -0.39 is 4.92 Å². The van der Waals surface area contributed by atoms with Crippen LogP contribution >= 0.6 is 0 Å². The molecule has 23 heavy (non-hydrogen) atoms. The molecule has 0 bridgehead atoms. The summed E-state index contributed by atoms with van der Waals surface area (Å²) in [4.78, 5) is 33.1. The van der Waals surface area contributed by atoms with Crippen LogP contribution in [0, 0.1) is 16.0 Å². The quantitative estimate of drug-likeness (QED) is 0.460. The largest absolute Gasteiger partial charge is 0.273 e.